The van der Waals surface area contributed by atoms with E-state index in [-0.39, 0.29) is 5.97 Å². The third-order valence-electron chi connectivity index (χ3n) is 1.74. The van der Waals surface area contributed by atoms with Crippen LogP contribution in [0.1, 0.15) is 10.4 Å². The SMILES string of the molecule is CNc1cc(C(=O)OC)ccc1N. The Labute approximate surface area is 76.7 Å². The van der Waals surface area contributed by atoms with E-state index >= 15 is 0 Å². The largest absolute Gasteiger partial charge is 0.465 e. The fourth-order valence-corrected chi connectivity index (χ4v) is 1.02. The Hall–Kier alpha value is -1.71. The van der Waals surface area contributed by atoms with Gasteiger partial charge in [-0.05, 0) is 18.2 Å². The molecule has 3 N–H and O–H groups in total. The summed E-state index contributed by atoms with van der Waals surface area (Å²) in [7, 11) is 3.09. The van der Waals surface area contributed by atoms with Crippen molar-refractivity contribution in [3.05, 3.63) is 23.8 Å². The third kappa shape index (κ3) is 1.90. The molecule has 1 rings (SSSR count). The molecule has 0 saturated heterocycles. The summed E-state index contributed by atoms with van der Waals surface area (Å²) < 4.78 is 4.57. The molecule has 0 saturated carbocycles. The zero-order valence-corrected chi connectivity index (χ0v) is 7.63. The van der Waals surface area contributed by atoms with Gasteiger partial charge in [0.25, 0.3) is 0 Å². The van der Waals surface area contributed by atoms with E-state index in [1.54, 1.807) is 25.2 Å². The van der Waals surface area contributed by atoms with Gasteiger partial charge in [-0.15, -0.1) is 0 Å². The topological polar surface area (TPSA) is 64.3 Å². The molecule has 13 heavy (non-hydrogen) atoms. The minimum absolute atomic E-state index is 0.364. The van der Waals surface area contributed by atoms with Crippen molar-refractivity contribution in [2.24, 2.45) is 0 Å². The molecule has 0 aliphatic heterocycles. The van der Waals surface area contributed by atoms with Crippen LogP contribution in [0, 0.1) is 0 Å². The molecule has 4 heteroatoms. The van der Waals surface area contributed by atoms with E-state index in [0.29, 0.717) is 11.3 Å². The molecule has 1 aromatic rings. The van der Waals surface area contributed by atoms with Crippen molar-refractivity contribution in [3.63, 3.8) is 0 Å². The highest BCUT2D eigenvalue weighted by Crippen LogP contribution is 2.19. The second-order valence-corrected chi connectivity index (χ2v) is 2.54. The number of nitrogen functional groups attached to an aromatic ring is 1. The molecule has 0 bridgehead atoms. The highest BCUT2D eigenvalue weighted by Gasteiger charge is 2.06. The molecule has 0 unspecified atom stereocenters. The van der Waals surface area contributed by atoms with Crippen molar-refractivity contribution in [2.45, 2.75) is 0 Å². The predicted molar refractivity (Wildman–Crippen MR) is 51.7 cm³/mol. The molecule has 0 radical (unpaired) electrons. The Morgan fingerprint density at radius 3 is 2.77 bits per heavy atom. The van der Waals surface area contributed by atoms with Crippen molar-refractivity contribution in [1.82, 2.24) is 0 Å². The van der Waals surface area contributed by atoms with Crippen molar-refractivity contribution < 1.29 is 9.53 Å². The van der Waals surface area contributed by atoms with E-state index in [1.807, 2.05) is 0 Å². The first-order chi connectivity index (χ1) is 6.19. The van der Waals surface area contributed by atoms with E-state index in [2.05, 4.69) is 10.1 Å². The number of hydrogen-bond donors (Lipinski definition) is 2. The smallest absolute Gasteiger partial charge is 0.337 e. The summed E-state index contributed by atoms with van der Waals surface area (Å²) in [5, 5.41) is 2.88. The maximum atomic E-state index is 11.1. The number of nitrogens with two attached hydrogens (primary N) is 1. The minimum Gasteiger partial charge on any atom is -0.465 e. The first kappa shape index (κ1) is 9.38. The van der Waals surface area contributed by atoms with E-state index < -0.39 is 0 Å². The van der Waals surface area contributed by atoms with Gasteiger partial charge in [-0.25, -0.2) is 4.79 Å². The number of hydrogen-bond acceptors (Lipinski definition) is 4. The van der Waals surface area contributed by atoms with Crippen molar-refractivity contribution >= 4 is 17.3 Å². The van der Waals surface area contributed by atoms with Crippen LogP contribution in [-0.4, -0.2) is 20.1 Å². The zero-order valence-electron chi connectivity index (χ0n) is 7.63. The highest BCUT2D eigenvalue weighted by molar-refractivity contribution is 5.91. The van der Waals surface area contributed by atoms with Crippen LogP contribution in [0.4, 0.5) is 11.4 Å². The number of esters is 1. The van der Waals surface area contributed by atoms with Gasteiger partial charge in [0, 0.05) is 7.05 Å². The van der Waals surface area contributed by atoms with Crippen molar-refractivity contribution in [3.8, 4) is 0 Å². The van der Waals surface area contributed by atoms with Crippen molar-refractivity contribution in [2.75, 3.05) is 25.2 Å². The molecular weight excluding hydrogens is 168 g/mol. The van der Waals surface area contributed by atoms with Crippen LogP contribution in [0.5, 0.6) is 0 Å². The summed E-state index contributed by atoms with van der Waals surface area (Å²) in [6, 6.07) is 4.95. The third-order valence-corrected chi connectivity index (χ3v) is 1.74. The lowest BCUT2D eigenvalue weighted by molar-refractivity contribution is 0.0601. The highest BCUT2D eigenvalue weighted by atomic mass is 16.5. The second kappa shape index (κ2) is 3.80. The van der Waals surface area contributed by atoms with Gasteiger partial charge in [0.1, 0.15) is 0 Å². The van der Waals surface area contributed by atoms with Gasteiger partial charge < -0.3 is 15.8 Å². The second-order valence-electron chi connectivity index (χ2n) is 2.54. The Kier molecular flexibility index (Phi) is 2.74. The summed E-state index contributed by atoms with van der Waals surface area (Å²) >= 11 is 0. The fraction of sp³-hybridized carbons (Fsp3) is 0.222. The first-order valence-electron chi connectivity index (χ1n) is 3.84. The molecular formula is C9H12N2O2. The van der Waals surface area contributed by atoms with E-state index in [0.717, 1.165) is 5.69 Å². The van der Waals surface area contributed by atoms with Gasteiger partial charge in [0.15, 0.2) is 0 Å². The van der Waals surface area contributed by atoms with Gasteiger partial charge in [-0.1, -0.05) is 0 Å². The zero-order chi connectivity index (χ0) is 9.84. The van der Waals surface area contributed by atoms with E-state index in [4.69, 9.17) is 5.73 Å². The molecule has 0 aromatic heterocycles. The van der Waals surface area contributed by atoms with Crippen LogP contribution >= 0.6 is 0 Å². The number of anilines is 2. The average molecular weight is 180 g/mol. The normalized spacial score (nSPS) is 9.38. The maximum Gasteiger partial charge on any atom is 0.337 e. The number of benzene rings is 1. The Bertz CT molecular complexity index is 323. The Morgan fingerprint density at radius 2 is 2.23 bits per heavy atom. The number of carbonyl (C=O) groups is 1. The lowest BCUT2D eigenvalue weighted by atomic mass is 10.2. The molecule has 0 aliphatic rings. The molecule has 0 aliphatic carbocycles. The molecule has 70 valence electrons. The van der Waals surface area contributed by atoms with Crippen LogP contribution < -0.4 is 11.1 Å². The first-order valence-corrected chi connectivity index (χ1v) is 3.84. The predicted octanol–water partition coefficient (Wildman–Crippen LogP) is 1.10. The lowest BCUT2D eigenvalue weighted by Crippen LogP contribution is -2.03. The number of nitrogens with one attached hydrogen (secondary N) is 1. The summed E-state index contributed by atoms with van der Waals surface area (Å²) in [5.41, 5.74) is 7.45. The molecule has 0 fully saturated rings. The van der Waals surface area contributed by atoms with Crippen molar-refractivity contribution in [1.29, 1.82) is 0 Å². The standard InChI is InChI=1S/C9H12N2O2/c1-11-8-5-6(9(12)13-2)3-4-7(8)10/h3-5,11H,10H2,1-2H3. The molecule has 0 amide bonds. The average Bonchev–Trinajstić information content (AvgIpc) is 2.17. The van der Waals surface area contributed by atoms with Gasteiger partial charge >= 0.3 is 5.97 Å². The maximum absolute atomic E-state index is 11.1. The minimum atomic E-state index is -0.364. The van der Waals surface area contributed by atoms with Gasteiger partial charge in [0.2, 0.25) is 0 Å². The van der Waals surface area contributed by atoms with Crippen LogP contribution in [0.2, 0.25) is 0 Å². The monoisotopic (exact) mass is 180 g/mol. The molecule has 1 aromatic carbocycles. The van der Waals surface area contributed by atoms with Gasteiger partial charge in [-0.3, -0.25) is 0 Å². The number of methoxy groups -OCH3 is 1. The Balaban J connectivity index is 3.06. The van der Waals surface area contributed by atoms with E-state index in [9.17, 15) is 4.79 Å². The van der Waals surface area contributed by atoms with Gasteiger partial charge in [0.05, 0.1) is 24.0 Å². The van der Waals surface area contributed by atoms with Crippen LogP contribution in [-0.2, 0) is 4.74 Å². The number of rotatable bonds is 2. The molecule has 0 spiro atoms. The fourth-order valence-electron chi connectivity index (χ4n) is 1.02. The molecule has 0 atom stereocenters. The van der Waals surface area contributed by atoms with E-state index in [1.165, 1.54) is 7.11 Å². The quantitative estimate of drug-likeness (QED) is 0.528. The number of carbonyl (C=O) groups excluding carboxylic acids is 1. The van der Waals surface area contributed by atoms with Gasteiger partial charge in [-0.2, -0.15) is 0 Å². The Morgan fingerprint density at radius 1 is 1.54 bits per heavy atom. The molecule has 4 nitrogen and oxygen atoms in total. The van der Waals surface area contributed by atoms with Crippen LogP contribution in [0.15, 0.2) is 18.2 Å². The van der Waals surface area contributed by atoms with Crippen LogP contribution in [0.25, 0.3) is 0 Å². The number of ether oxygens (including phenoxy) is 1. The lowest BCUT2D eigenvalue weighted by Gasteiger charge is -2.06. The summed E-state index contributed by atoms with van der Waals surface area (Å²) in [6.45, 7) is 0. The molecule has 0 heterocycles. The summed E-state index contributed by atoms with van der Waals surface area (Å²) in [5.74, 6) is -0.364. The summed E-state index contributed by atoms with van der Waals surface area (Å²) in [6.07, 6.45) is 0. The van der Waals surface area contributed by atoms with Crippen LogP contribution in [0.3, 0.4) is 0 Å². The summed E-state index contributed by atoms with van der Waals surface area (Å²) in [4.78, 5) is 11.1.